The Kier molecular flexibility index (Phi) is 4.39. The molecular formula is C15H21N3O2S. The van der Waals surface area contributed by atoms with E-state index in [2.05, 4.69) is 10.0 Å². The number of benzene rings is 1. The molecule has 0 unspecified atom stereocenters. The topological polar surface area (TPSA) is 63.1 Å². The van der Waals surface area contributed by atoms with Crippen LogP contribution in [0.4, 0.5) is 5.69 Å². The lowest BCUT2D eigenvalue weighted by Gasteiger charge is -2.08. The lowest BCUT2D eigenvalue weighted by molar-refractivity contribution is 0.601. The van der Waals surface area contributed by atoms with Gasteiger partial charge in [-0.25, -0.2) is 8.42 Å². The normalized spacial score (nSPS) is 11.6. The molecule has 0 radical (unpaired) electrons. The number of sulfonamides is 1. The zero-order chi connectivity index (χ0) is 15.6. The van der Waals surface area contributed by atoms with Gasteiger partial charge in [-0.2, -0.15) is 0 Å². The zero-order valence-corrected chi connectivity index (χ0v) is 13.6. The number of nitrogens with zero attached hydrogens (tertiary/aromatic N) is 1. The SMILES string of the molecule is CNCc1cc(S(=O)(=O)Nc2cc(C)cc(C)c2)cn1C. The largest absolute Gasteiger partial charge is 0.352 e. The van der Waals surface area contributed by atoms with E-state index in [0.29, 0.717) is 12.2 Å². The van der Waals surface area contributed by atoms with Crippen molar-refractivity contribution in [3.8, 4) is 0 Å². The van der Waals surface area contributed by atoms with Crippen molar-refractivity contribution in [2.75, 3.05) is 11.8 Å². The van der Waals surface area contributed by atoms with E-state index in [1.54, 1.807) is 12.3 Å². The van der Waals surface area contributed by atoms with Gasteiger partial charge in [-0.05, 0) is 50.2 Å². The first-order valence-corrected chi connectivity index (χ1v) is 8.21. The Labute approximate surface area is 126 Å². The molecule has 0 atom stereocenters. The maximum atomic E-state index is 12.4. The van der Waals surface area contributed by atoms with Crippen molar-refractivity contribution in [2.24, 2.45) is 7.05 Å². The van der Waals surface area contributed by atoms with Gasteiger partial charge in [0.05, 0.1) is 0 Å². The van der Waals surface area contributed by atoms with E-state index < -0.39 is 10.0 Å². The molecular weight excluding hydrogens is 286 g/mol. The summed E-state index contributed by atoms with van der Waals surface area (Å²) in [6.45, 7) is 4.51. The van der Waals surface area contributed by atoms with Crippen LogP contribution in [-0.2, 0) is 23.6 Å². The van der Waals surface area contributed by atoms with Crippen LogP contribution >= 0.6 is 0 Å². The van der Waals surface area contributed by atoms with E-state index in [1.807, 2.05) is 50.7 Å². The van der Waals surface area contributed by atoms with Crippen LogP contribution in [0.25, 0.3) is 0 Å². The van der Waals surface area contributed by atoms with Gasteiger partial charge in [-0.3, -0.25) is 4.72 Å². The molecule has 5 nitrogen and oxygen atoms in total. The molecule has 2 aromatic rings. The van der Waals surface area contributed by atoms with Gasteiger partial charge in [0.2, 0.25) is 0 Å². The van der Waals surface area contributed by atoms with E-state index in [4.69, 9.17) is 0 Å². The van der Waals surface area contributed by atoms with Gasteiger partial charge in [0.25, 0.3) is 10.0 Å². The first-order chi connectivity index (χ1) is 9.81. The van der Waals surface area contributed by atoms with Crippen LogP contribution in [0.15, 0.2) is 35.4 Å². The number of aromatic nitrogens is 1. The van der Waals surface area contributed by atoms with Crippen molar-refractivity contribution in [1.82, 2.24) is 9.88 Å². The average molecular weight is 307 g/mol. The Morgan fingerprint density at radius 3 is 2.29 bits per heavy atom. The standard InChI is InChI=1S/C15H21N3O2S/c1-11-5-12(2)7-13(6-11)17-21(19,20)15-8-14(9-16-3)18(4)10-15/h5-8,10,16-17H,9H2,1-4H3. The number of hydrogen-bond donors (Lipinski definition) is 2. The minimum atomic E-state index is -3.57. The third kappa shape index (κ3) is 3.65. The summed E-state index contributed by atoms with van der Waals surface area (Å²) >= 11 is 0. The second kappa shape index (κ2) is 5.91. The molecule has 1 aromatic carbocycles. The van der Waals surface area contributed by atoms with Gasteiger partial charge in [0.15, 0.2) is 0 Å². The quantitative estimate of drug-likeness (QED) is 0.890. The predicted octanol–water partition coefficient (Wildman–Crippen LogP) is 2.16. The molecule has 2 rings (SSSR count). The van der Waals surface area contributed by atoms with Gasteiger partial charge in [0.1, 0.15) is 4.90 Å². The lowest BCUT2D eigenvalue weighted by Crippen LogP contribution is -2.12. The molecule has 0 amide bonds. The van der Waals surface area contributed by atoms with Crippen LogP contribution in [-0.4, -0.2) is 20.0 Å². The molecule has 6 heteroatoms. The summed E-state index contributed by atoms with van der Waals surface area (Å²) < 4.78 is 29.3. The Morgan fingerprint density at radius 1 is 1.10 bits per heavy atom. The number of nitrogens with one attached hydrogen (secondary N) is 2. The Hall–Kier alpha value is -1.79. The first kappa shape index (κ1) is 15.6. The van der Waals surface area contributed by atoms with Crippen molar-refractivity contribution in [1.29, 1.82) is 0 Å². The molecule has 0 bridgehead atoms. The van der Waals surface area contributed by atoms with E-state index in [-0.39, 0.29) is 4.90 Å². The van der Waals surface area contributed by atoms with Crippen molar-refractivity contribution in [3.63, 3.8) is 0 Å². The summed E-state index contributed by atoms with van der Waals surface area (Å²) in [6.07, 6.45) is 1.62. The monoisotopic (exact) mass is 307 g/mol. The second-order valence-electron chi connectivity index (χ2n) is 5.29. The van der Waals surface area contributed by atoms with Gasteiger partial charge in [-0.1, -0.05) is 6.07 Å². The number of anilines is 1. The summed E-state index contributed by atoms with van der Waals surface area (Å²) in [7, 11) is 0.0987. The number of aryl methyl sites for hydroxylation is 3. The summed E-state index contributed by atoms with van der Waals surface area (Å²) in [5, 5.41) is 3.02. The van der Waals surface area contributed by atoms with Crippen LogP contribution in [0.1, 0.15) is 16.8 Å². The van der Waals surface area contributed by atoms with E-state index in [9.17, 15) is 8.42 Å². The van der Waals surface area contributed by atoms with Crippen molar-refractivity contribution < 1.29 is 8.42 Å². The maximum Gasteiger partial charge on any atom is 0.263 e. The number of rotatable bonds is 5. The Morgan fingerprint density at radius 2 is 1.71 bits per heavy atom. The zero-order valence-electron chi connectivity index (χ0n) is 12.8. The van der Waals surface area contributed by atoms with E-state index >= 15 is 0 Å². The third-order valence-corrected chi connectivity index (χ3v) is 4.57. The highest BCUT2D eigenvalue weighted by Gasteiger charge is 2.17. The van der Waals surface area contributed by atoms with Crippen LogP contribution in [0.3, 0.4) is 0 Å². The van der Waals surface area contributed by atoms with Crippen molar-refractivity contribution >= 4 is 15.7 Å². The van der Waals surface area contributed by atoms with Gasteiger partial charge >= 0.3 is 0 Å². The van der Waals surface area contributed by atoms with Gasteiger partial charge < -0.3 is 9.88 Å². The lowest BCUT2D eigenvalue weighted by atomic mass is 10.1. The summed E-state index contributed by atoms with van der Waals surface area (Å²) in [6, 6.07) is 7.33. The minimum Gasteiger partial charge on any atom is -0.352 e. The molecule has 2 N–H and O–H groups in total. The number of hydrogen-bond acceptors (Lipinski definition) is 3. The van der Waals surface area contributed by atoms with Gasteiger partial charge in [0, 0.05) is 31.2 Å². The van der Waals surface area contributed by atoms with Crippen molar-refractivity contribution in [2.45, 2.75) is 25.3 Å². The summed E-state index contributed by atoms with van der Waals surface area (Å²) in [4.78, 5) is 0.273. The van der Waals surface area contributed by atoms with Crippen LogP contribution < -0.4 is 10.0 Å². The average Bonchev–Trinajstić information content (AvgIpc) is 2.70. The molecule has 114 valence electrons. The van der Waals surface area contributed by atoms with Crippen LogP contribution in [0.2, 0.25) is 0 Å². The summed E-state index contributed by atoms with van der Waals surface area (Å²) in [5.41, 5.74) is 3.55. The second-order valence-corrected chi connectivity index (χ2v) is 6.97. The predicted molar refractivity (Wildman–Crippen MR) is 84.9 cm³/mol. The van der Waals surface area contributed by atoms with Gasteiger partial charge in [-0.15, -0.1) is 0 Å². The molecule has 0 saturated carbocycles. The highest BCUT2D eigenvalue weighted by atomic mass is 32.2. The van der Waals surface area contributed by atoms with Crippen LogP contribution in [0.5, 0.6) is 0 Å². The molecule has 0 fully saturated rings. The minimum absolute atomic E-state index is 0.273. The third-order valence-electron chi connectivity index (χ3n) is 3.22. The molecule has 0 saturated heterocycles. The van der Waals surface area contributed by atoms with E-state index in [0.717, 1.165) is 16.8 Å². The fourth-order valence-electron chi connectivity index (χ4n) is 2.33. The summed E-state index contributed by atoms with van der Waals surface area (Å²) in [5.74, 6) is 0. The molecule has 1 heterocycles. The maximum absolute atomic E-state index is 12.4. The molecule has 21 heavy (non-hydrogen) atoms. The van der Waals surface area contributed by atoms with Crippen LogP contribution in [0, 0.1) is 13.8 Å². The molecule has 0 aliphatic heterocycles. The molecule has 0 aliphatic rings. The smallest absolute Gasteiger partial charge is 0.263 e. The Bertz CT molecular complexity index is 728. The first-order valence-electron chi connectivity index (χ1n) is 6.73. The molecule has 0 aliphatic carbocycles. The van der Waals surface area contributed by atoms with Crippen molar-refractivity contribution in [3.05, 3.63) is 47.3 Å². The highest BCUT2D eigenvalue weighted by Crippen LogP contribution is 2.20. The molecule has 1 aromatic heterocycles. The Balaban J connectivity index is 2.31. The highest BCUT2D eigenvalue weighted by molar-refractivity contribution is 7.92. The fraction of sp³-hybridized carbons (Fsp3) is 0.333. The fourth-order valence-corrected chi connectivity index (χ4v) is 3.46. The van der Waals surface area contributed by atoms with E-state index in [1.165, 1.54) is 0 Å². The molecule has 0 spiro atoms.